The second-order valence-corrected chi connectivity index (χ2v) is 3.24. The maximum absolute atomic E-state index is 11.1. The topological polar surface area (TPSA) is 95.9 Å². The second kappa shape index (κ2) is 8.58. The van der Waals surface area contributed by atoms with E-state index in [9.17, 15) is 19.8 Å². The monoisotopic (exact) mass is 274 g/mol. The molecule has 1 rings (SSSR count). The summed E-state index contributed by atoms with van der Waals surface area (Å²) in [5, 5.41) is 19.4. The number of rotatable bonds is 5. The van der Waals surface area contributed by atoms with E-state index in [0.29, 0.717) is 5.56 Å². The zero-order chi connectivity index (χ0) is 13.5. The number of esters is 1. The molecule has 0 saturated heterocycles. The van der Waals surface area contributed by atoms with Gasteiger partial charge in [0.05, 0.1) is 13.1 Å². The molecule has 0 heterocycles. The largest absolute Gasteiger partial charge is 1.00 e. The average molecular weight is 274 g/mol. The number of phenols is 1. The molecule has 0 bridgehead atoms. The van der Waals surface area contributed by atoms with Crippen molar-refractivity contribution in [1.82, 2.24) is 0 Å². The van der Waals surface area contributed by atoms with Crippen LogP contribution in [0.4, 0.5) is 0 Å². The van der Waals surface area contributed by atoms with Gasteiger partial charge in [-0.05, 0) is 23.8 Å². The first-order valence-corrected chi connectivity index (χ1v) is 4.94. The van der Waals surface area contributed by atoms with Crippen molar-refractivity contribution >= 4 is 18.0 Å². The van der Waals surface area contributed by atoms with Crippen molar-refractivity contribution in [3.05, 3.63) is 29.8 Å². The van der Waals surface area contributed by atoms with E-state index in [4.69, 9.17) is 4.74 Å². The van der Waals surface area contributed by atoms with Crippen molar-refractivity contribution in [2.45, 2.75) is 0 Å². The zero-order valence-corrected chi connectivity index (χ0v) is 12.6. The van der Waals surface area contributed by atoms with Gasteiger partial charge in [0.25, 0.3) is 0 Å². The molecule has 1 aromatic rings. The van der Waals surface area contributed by atoms with E-state index in [-0.39, 0.29) is 41.1 Å². The van der Waals surface area contributed by atoms with E-state index < -0.39 is 18.5 Å². The van der Waals surface area contributed by atoms with Crippen LogP contribution in [0.2, 0.25) is 0 Å². The van der Waals surface area contributed by atoms with Crippen LogP contribution in [-0.4, -0.2) is 30.8 Å². The fourth-order valence-electron chi connectivity index (χ4n) is 1.14. The molecule has 0 unspecified atom stereocenters. The number of aliphatic carboxylic acids is 1. The van der Waals surface area contributed by atoms with Gasteiger partial charge in [0, 0.05) is 6.08 Å². The molecule has 0 aliphatic carbocycles. The Labute approximate surface area is 131 Å². The fraction of sp³-hybridized carbons (Fsp3) is 0.167. The van der Waals surface area contributed by atoms with Crippen molar-refractivity contribution in [3.63, 3.8) is 0 Å². The Morgan fingerprint density at radius 1 is 1.42 bits per heavy atom. The Kier molecular flexibility index (Phi) is 7.90. The molecule has 0 saturated carbocycles. The molecule has 96 valence electrons. The summed E-state index contributed by atoms with van der Waals surface area (Å²) < 4.78 is 9.22. The molecule has 0 atom stereocenters. The third kappa shape index (κ3) is 6.28. The maximum Gasteiger partial charge on any atom is 1.00 e. The minimum Gasteiger partial charge on any atom is -0.546 e. The normalized spacial score (nSPS) is 9.74. The number of aromatic hydroxyl groups is 1. The summed E-state index contributed by atoms with van der Waals surface area (Å²) >= 11 is 0. The molecule has 0 fully saturated rings. The van der Waals surface area contributed by atoms with Crippen LogP contribution in [0.3, 0.4) is 0 Å². The molecule has 0 amide bonds. The van der Waals surface area contributed by atoms with E-state index in [1.165, 1.54) is 25.3 Å². The van der Waals surface area contributed by atoms with Crippen LogP contribution < -0.4 is 39.4 Å². The standard InChI is InChI=1S/C12H12O6.Na/c1-17-10-6-8(2-4-9(10)13)3-5-12(16)18-7-11(14)15;/h2-6,13H,7H2,1H3,(H,14,15);/q;+1/p-1. The van der Waals surface area contributed by atoms with Crippen LogP contribution in [-0.2, 0) is 14.3 Å². The molecule has 0 radical (unpaired) electrons. The van der Waals surface area contributed by atoms with Crippen molar-refractivity contribution in [2.24, 2.45) is 0 Å². The SMILES string of the molecule is COc1cc(C=CC(=O)OCC(=O)[O-])ccc1O.[Na+]. The van der Waals surface area contributed by atoms with Gasteiger partial charge in [0.1, 0.15) is 6.61 Å². The predicted molar refractivity (Wildman–Crippen MR) is 59.7 cm³/mol. The molecule has 19 heavy (non-hydrogen) atoms. The fourth-order valence-corrected chi connectivity index (χ4v) is 1.14. The van der Waals surface area contributed by atoms with Crippen LogP contribution in [0, 0.1) is 0 Å². The average Bonchev–Trinajstić information content (AvgIpc) is 2.35. The first kappa shape index (κ1) is 17.5. The van der Waals surface area contributed by atoms with Gasteiger partial charge >= 0.3 is 35.5 Å². The first-order chi connectivity index (χ1) is 8.52. The van der Waals surface area contributed by atoms with Crippen molar-refractivity contribution < 1.29 is 58.8 Å². The Morgan fingerprint density at radius 3 is 2.68 bits per heavy atom. The smallest absolute Gasteiger partial charge is 0.546 e. The third-order valence-corrected chi connectivity index (χ3v) is 1.95. The third-order valence-electron chi connectivity index (χ3n) is 1.95. The molecule has 1 aromatic carbocycles. The Bertz CT molecular complexity index is 483. The molecular weight excluding hydrogens is 263 g/mol. The number of phenolic OH excluding ortho intramolecular Hbond substituents is 1. The van der Waals surface area contributed by atoms with E-state index in [1.807, 2.05) is 0 Å². The first-order valence-electron chi connectivity index (χ1n) is 4.94. The summed E-state index contributed by atoms with van der Waals surface area (Å²) in [6.07, 6.45) is 2.47. The van der Waals surface area contributed by atoms with E-state index in [1.54, 1.807) is 6.07 Å². The molecule has 6 nitrogen and oxygen atoms in total. The molecule has 0 spiro atoms. The number of methoxy groups -OCH3 is 1. The number of carboxylic acid groups (broad SMARTS) is 1. The number of carbonyl (C=O) groups excluding carboxylic acids is 2. The molecule has 7 heteroatoms. The minimum atomic E-state index is -1.47. The van der Waals surface area contributed by atoms with E-state index in [0.717, 1.165) is 6.08 Å². The summed E-state index contributed by atoms with van der Waals surface area (Å²) in [5.41, 5.74) is 0.593. The summed E-state index contributed by atoms with van der Waals surface area (Å²) in [6.45, 7) is -0.790. The molecule has 1 N–H and O–H groups in total. The number of ether oxygens (including phenoxy) is 2. The summed E-state index contributed by atoms with van der Waals surface area (Å²) in [7, 11) is 1.40. The Morgan fingerprint density at radius 2 is 2.11 bits per heavy atom. The van der Waals surface area contributed by atoms with Gasteiger partial charge < -0.3 is 24.5 Å². The predicted octanol–water partition coefficient (Wildman–Crippen LogP) is -3.29. The number of hydrogen-bond donors (Lipinski definition) is 1. The number of carbonyl (C=O) groups is 2. The van der Waals surface area contributed by atoms with Crippen molar-refractivity contribution in [1.29, 1.82) is 0 Å². The van der Waals surface area contributed by atoms with Gasteiger partial charge in [0.2, 0.25) is 0 Å². The zero-order valence-electron chi connectivity index (χ0n) is 10.6. The van der Waals surface area contributed by atoms with E-state index >= 15 is 0 Å². The maximum atomic E-state index is 11.1. The van der Waals surface area contributed by atoms with Crippen LogP contribution in [0.5, 0.6) is 11.5 Å². The van der Waals surface area contributed by atoms with Crippen molar-refractivity contribution in [3.8, 4) is 11.5 Å². The number of hydrogen-bond acceptors (Lipinski definition) is 6. The Balaban J connectivity index is 0.00000324. The van der Waals surface area contributed by atoms with Gasteiger partial charge in [0.15, 0.2) is 11.5 Å². The van der Waals surface area contributed by atoms with Gasteiger partial charge in [-0.1, -0.05) is 6.07 Å². The summed E-state index contributed by atoms with van der Waals surface area (Å²) in [5.74, 6) is -2.02. The van der Waals surface area contributed by atoms with Crippen LogP contribution >= 0.6 is 0 Å². The molecule has 0 aliphatic heterocycles. The van der Waals surface area contributed by atoms with Crippen LogP contribution in [0.25, 0.3) is 6.08 Å². The quantitative estimate of drug-likeness (QED) is 0.343. The van der Waals surface area contributed by atoms with Crippen LogP contribution in [0.1, 0.15) is 5.56 Å². The van der Waals surface area contributed by atoms with E-state index in [2.05, 4.69) is 4.74 Å². The summed E-state index contributed by atoms with van der Waals surface area (Å²) in [4.78, 5) is 21.1. The Hall–Kier alpha value is -1.50. The van der Waals surface area contributed by atoms with Crippen LogP contribution in [0.15, 0.2) is 24.3 Å². The van der Waals surface area contributed by atoms with Gasteiger partial charge in [-0.3, -0.25) is 0 Å². The van der Waals surface area contributed by atoms with Gasteiger partial charge in [-0.2, -0.15) is 0 Å². The number of carboxylic acids is 1. The molecular formula is C12H11NaO6. The van der Waals surface area contributed by atoms with Gasteiger partial charge in [-0.25, -0.2) is 4.79 Å². The second-order valence-electron chi connectivity index (χ2n) is 3.24. The molecule has 0 aromatic heterocycles. The molecule has 0 aliphatic rings. The number of benzene rings is 1. The van der Waals surface area contributed by atoms with Crippen molar-refractivity contribution in [2.75, 3.05) is 13.7 Å². The van der Waals surface area contributed by atoms with Gasteiger partial charge in [-0.15, -0.1) is 0 Å². The minimum absolute atomic E-state index is 0. The summed E-state index contributed by atoms with van der Waals surface area (Å²) in [6, 6.07) is 4.48.